The van der Waals surface area contributed by atoms with E-state index >= 15 is 0 Å². The van der Waals surface area contributed by atoms with Crippen LogP contribution in [0.2, 0.25) is 0 Å². The van der Waals surface area contributed by atoms with Crippen LogP contribution in [0.4, 0.5) is 0 Å². The van der Waals surface area contributed by atoms with Crippen LogP contribution in [0.1, 0.15) is 37.8 Å². The molecule has 0 aromatic heterocycles. The number of benzene rings is 1. The van der Waals surface area contributed by atoms with Gasteiger partial charge in [-0.2, -0.15) is 0 Å². The molecular weight excluding hydrogens is 175 g/mol. The normalized spacial score (nSPS) is 10.4. The zero-order valence-corrected chi connectivity index (χ0v) is 9.40. The van der Waals surface area contributed by atoms with Crippen LogP contribution < -0.4 is 5.30 Å². The van der Waals surface area contributed by atoms with E-state index in [1.54, 1.807) is 0 Å². The van der Waals surface area contributed by atoms with Gasteiger partial charge >= 0.3 is 0 Å². The van der Waals surface area contributed by atoms with E-state index in [1.165, 1.54) is 30.4 Å². The van der Waals surface area contributed by atoms with E-state index in [0.29, 0.717) is 0 Å². The highest BCUT2D eigenvalue weighted by Gasteiger charge is 2.03. The first-order valence-electron chi connectivity index (χ1n) is 5.09. The molecule has 1 rings (SSSR count). The molecule has 0 bridgehead atoms. The molecule has 2 radical (unpaired) electrons. The molecule has 0 unspecified atom stereocenters. The van der Waals surface area contributed by atoms with Crippen molar-refractivity contribution >= 4 is 14.5 Å². The molecule has 70 valence electrons. The molecule has 0 amide bonds. The molecule has 13 heavy (non-hydrogen) atoms. The highest BCUT2D eigenvalue weighted by Crippen LogP contribution is 2.13. The third-order valence-electron chi connectivity index (χ3n) is 2.27. The van der Waals surface area contributed by atoms with Gasteiger partial charge in [-0.25, -0.2) is 0 Å². The minimum Gasteiger partial charge on any atom is -0.0651 e. The van der Waals surface area contributed by atoms with Gasteiger partial charge in [0, 0.05) is 0 Å². The predicted molar refractivity (Wildman–Crippen MR) is 61.0 cm³/mol. The van der Waals surface area contributed by atoms with E-state index in [-0.39, 0.29) is 0 Å². The molecule has 0 aliphatic carbocycles. The van der Waals surface area contributed by atoms with Crippen LogP contribution in [-0.4, -0.2) is 0 Å². The zero-order chi connectivity index (χ0) is 9.68. The van der Waals surface area contributed by atoms with Crippen LogP contribution in [-0.2, 0) is 12.8 Å². The molecule has 1 heteroatoms. The van der Waals surface area contributed by atoms with Crippen molar-refractivity contribution in [2.24, 2.45) is 0 Å². The summed E-state index contributed by atoms with van der Waals surface area (Å²) >= 11 is 0. The van der Waals surface area contributed by atoms with Gasteiger partial charge in [0.25, 0.3) is 0 Å². The molecule has 0 saturated carbocycles. The van der Waals surface area contributed by atoms with Gasteiger partial charge in [0.15, 0.2) is 0 Å². The lowest BCUT2D eigenvalue weighted by molar-refractivity contribution is 0.866. The first-order valence-corrected chi connectivity index (χ1v) is 5.54. The Morgan fingerprint density at radius 1 is 1.08 bits per heavy atom. The van der Waals surface area contributed by atoms with Crippen LogP contribution in [0.15, 0.2) is 18.2 Å². The number of rotatable bonds is 4. The smallest absolute Gasteiger partial charge is 0.00532 e. The monoisotopic (exact) mass is 192 g/mol. The highest BCUT2D eigenvalue weighted by atomic mass is 31.0. The van der Waals surface area contributed by atoms with E-state index in [1.807, 2.05) is 0 Å². The van der Waals surface area contributed by atoms with Crippen molar-refractivity contribution in [3.8, 4) is 0 Å². The Labute approximate surface area is 84.0 Å². The minimum absolute atomic E-state index is 1.16. The molecule has 0 N–H and O–H groups in total. The lowest BCUT2D eigenvalue weighted by atomic mass is 10.00. The van der Waals surface area contributed by atoms with Crippen molar-refractivity contribution in [3.63, 3.8) is 0 Å². The molecule has 1 aromatic carbocycles. The molecule has 0 saturated heterocycles. The first-order chi connectivity index (χ1) is 6.29. The third-order valence-corrected chi connectivity index (χ3v) is 2.69. The largest absolute Gasteiger partial charge is 0.0651 e. The molecule has 0 fully saturated rings. The second-order valence-electron chi connectivity index (χ2n) is 3.41. The van der Waals surface area contributed by atoms with E-state index in [9.17, 15) is 0 Å². The van der Waals surface area contributed by atoms with Gasteiger partial charge in [-0.15, -0.1) is 0 Å². The van der Waals surface area contributed by atoms with Gasteiger partial charge in [0.05, 0.1) is 0 Å². The average Bonchev–Trinajstić information content (AvgIpc) is 2.11. The molecular formula is C12H17P. The van der Waals surface area contributed by atoms with Crippen molar-refractivity contribution in [2.75, 3.05) is 0 Å². The Morgan fingerprint density at radius 2 is 1.77 bits per heavy atom. The van der Waals surface area contributed by atoms with Crippen LogP contribution in [0.3, 0.4) is 0 Å². The Morgan fingerprint density at radius 3 is 2.38 bits per heavy atom. The zero-order valence-electron chi connectivity index (χ0n) is 8.51. The molecule has 1 aromatic rings. The minimum atomic E-state index is 1.16. The molecule has 0 heterocycles. The van der Waals surface area contributed by atoms with Crippen molar-refractivity contribution < 1.29 is 0 Å². The molecule has 0 nitrogen and oxygen atoms in total. The topological polar surface area (TPSA) is 0 Å². The van der Waals surface area contributed by atoms with Gasteiger partial charge in [0.2, 0.25) is 0 Å². The van der Waals surface area contributed by atoms with Crippen molar-refractivity contribution in [1.82, 2.24) is 0 Å². The summed E-state index contributed by atoms with van der Waals surface area (Å²) in [5, 5.41) is 1.16. The van der Waals surface area contributed by atoms with E-state index in [0.717, 1.165) is 11.7 Å². The summed E-state index contributed by atoms with van der Waals surface area (Å²) in [5.74, 6) is 0. The van der Waals surface area contributed by atoms with Gasteiger partial charge in [0.1, 0.15) is 0 Å². The van der Waals surface area contributed by atoms with Crippen LogP contribution in [0, 0.1) is 0 Å². The number of aryl methyl sites for hydroxylation is 1. The van der Waals surface area contributed by atoms with Crippen molar-refractivity contribution in [1.29, 1.82) is 0 Å². The summed E-state index contributed by atoms with van der Waals surface area (Å²) in [7, 11) is 4.49. The fourth-order valence-corrected chi connectivity index (χ4v) is 2.00. The Hall–Kier alpha value is -0.350. The maximum Gasteiger partial charge on any atom is -0.00532 e. The highest BCUT2D eigenvalue weighted by molar-refractivity contribution is 7.27. The third kappa shape index (κ3) is 2.81. The van der Waals surface area contributed by atoms with Crippen LogP contribution in [0.25, 0.3) is 0 Å². The lowest BCUT2D eigenvalue weighted by Crippen LogP contribution is -2.06. The van der Waals surface area contributed by atoms with Gasteiger partial charge in [-0.3, -0.25) is 0 Å². The Kier molecular flexibility index (Phi) is 4.45. The average molecular weight is 192 g/mol. The lowest BCUT2D eigenvalue weighted by Gasteiger charge is -2.09. The van der Waals surface area contributed by atoms with Crippen molar-refractivity contribution in [3.05, 3.63) is 29.3 Å². The van der Waals surface area contributed by atoms with E-state index in [2.05, 4.69) is 41.3 Å². The quantitative estimate of drug-likeness (QED) is 0.639. The Bertz CT molecular complexity index is 266. The fraction of sp³-hybridized carbons (Fsp3) is 0.500. The van der Waals surface area contributed by atoms with Gasteiger partial charge in [-0.1, -0.05) is 44.9 Å². The first kappa shape index (κ1) is 10.7. The van der Waals surface area contributed by atoms with Gasteiger partial charge < -0.3 is 0 Å². The Balaban J connectivity index is 2.95. The molecule has 0 aliphatic rings. The summed E-state index contributed by atoms with van der Waals surface area (Å²) < 4.78 is 0. The molecule has 0 spiro atoms. The standard InChI is InChI=1S/C12H17P/c1-3-6-10-8-5-9-12(13)11(10)7-4-2/h5,8-9H,3-4,6-7H2,1-2H3. The van der Waals surface area contributed by atoms with Gasteiger partial charge in [-0.05, 0) is 38.5 Å². The SMILES string of the molecule is CCCc1cccc([P])c1CCC. The summed E-state index contributed by atoms with van der Waals surface area (Å²) in [4.78, 5) is 0. The molecule has 0 atom stereocenters. The van der Waals surface area contributed by atoms with Crippen molar-refractivity contribution in [2.45, 2.75) is 39.5 Å². The summed E-state index contributed by atoms with van der Waals surface area (Å²) in [6, 6.07) is 6.42. The molecule has 0 aliphatic heterocycles. The summed E-state index contributed by atoms with van der Waals surface area (Å²) in [5.41, 5.74) is 2.94. The predicted octanol–water partition coefficient (Wildman–Crippen LogP) is 3.63. The number of hydrogen-bond donors (Lipinski definition) is 0. The maximum atomic E-state index is 4.49. The fourth-order valence-electron chi connectivity index (χ4n) is 1.66. The van der Waals surface area contributed by atoms with E-state index in [4.69, 9.17) is 0 Å². The second kappa shape index (κ2) is 5.40. The second-order valence-corrected chi connectivity index (χ2v) is 3.90. The number of hydrogen-bond acceptors (Lipinski definition) is 0. The summed E-state index contributed by atoms with van der Waals surface area (Å²) in [6.07, 6.45) is 4.76. The van der Waals surface area contributed by atoms with E-state index < -0.39 is 0 Å². The van der Waals surface area contributed by atoms with Crippen LogP contribution >= 0.6 is 9.24 Å². The van der Waals surface area contributed by atoms with Crippen LogP contribution in [0.5, 0.6) is 0 Å². The maximum absolute atomic E-state index is 4.49. The summed E-state index contributed by atoms with van der Waals surface area (Å²) in [6.45, 7) is 4.44.